The molecule has 1 aliphatic carbocycles. The number of aliphatic hydroxyl groups excluding tert-OH is 4. The van der Waals surface area contributed by atoms with Crippen molar-refractivity contribution in [2.45, 2.75) is 83.8 Å². The molecule has 0 aromatic heterocycles. The van der Waals surface area contributed by atoms with Crippen LogP contribution >= 0.6 is 0 Å². The minimum Gasteiger partial charge on any atom is -0.507 e. The van der Waals surface area contributed by atoms with Crippen LogP contribution in [0.5, 0.6) is 11.5 Å². The number of rotatable bonds is 2. The molecule has 5 bridgehead atoms. The van der Waals surface area contributed by atoms with Crippen molar-refractivity contribution >= 4 is 35.0 Å². The molecule has 0 fully saturated rings. The maximum absolute atomic E-state index is 13.7. The zero-order valence-corrected chi connectivity index (χ0v) is 27.4. The number of aliphatic hydroxyl groups is 4. The Kier molecular flexibility index (Phi) is 10.9. The highest BCUT2D eigenvalue weighted by Gasteiger charge is 2.50. The van der Waals surface area contributed by atoms with E-state index in [0.717, 1.165) is 31.4 Å². The minimum absolute atomic E-state index is 0.0462. The van der Waals surface area contributed by atoms with Crippen LogP contribution in [0.2, 0.25) is 0 Å². The van der Waals surface area contributed by atoms with Crippen molar-refractivity contribution in [2.75, 3.05) is 0 Å². The van der Waals surface area contributed by atoms with Gasteiger partial charge in [0.05, 0.1) is 34.8 Å². The number of carbonyl (C=O) groups excluding carboxylic acids is 6. The third-order valence-corrected chi connectivity index (χ3v) is 8.82. The lowest BCUT2D eigenvalue weighted by Gasteiger charge is -2.32. The van der Waals surface area contributed by atoms with E-state index in [0.29, 0.717) is 0 Å². The monoisotopic (exact) mass is 685 g/mol. The molecular formula is C34H39NO14. The molecule has 0 saturated carbocycles. The van der Waals surface area contributed by atoms with Gasteiger partial charge in [-0.05, 0) is 19.4 Å². The second-order valence-electron chi connectivity index (χ2n) is 12.6. The zero-order chi connectivity index (χ0) is 36.5. The molecule has 6 N–H and O–H groups in total. The first-order valence-electron chi connectivity index (χ1n) is 15.5. The molecule has 15 nitrogen and oxygen atoms in total. The van der Waals surface area contributed by atoms with Crippen LogP contribution in [0.1, 0.15) is 78.5 Å². The third-order valence-electron chi connectivity index (χ3n) is 8.82. The molecule has 4 aliphatic rings. The van der Waals surface area contributed by atoms with Crippen LogP contribution in [-0.2, 0) is 23.9 Å². The Morgan fingerprint density at radius 2 is 1.65 bits per heavy atom. The Morgan fingerprint density at radius 1 is 0.980 bits per heavy atom. The van der Waals surface area contributed by atoms with E-state index < -0.39 is 118 Å². The van der Waals surface area contributed by atoms with Gasteiger partial charge in [-0.25, -0.2) is 0 Å². The topological polar surface area (TPSA) is 243 Å². The fourth-order valence-electron chi connectivity index (χ4n) is 5.94. The molecule has 9 unspecified atom stereocenters. The lowest BCUT2D eigenvalue weighted by molar-refractivity contribution is -0.156. The van der Waals surface area contributed by atoms with Crippen molar-refractivity contribution in [3.05, 3.63) is 59.0 Å². The normalized spacial score (nSPS) is 33.9. The highest BCUT2D eigenvalue weighted by molar-refractivity contribution is 6.30. The number of carbonyl (C=O) groups is 6. The van der Waals surface area contributed by atoms with E-state index in [-0.39, 0.29) is 17.7 Å². The second-order valence-corrected chi connectivity index (χ2v) is 12.6. The fraction of sp³-hybridized carbons (Fsp3) is 0.471. The number of nitrogens with one attached hydrogen (secondary N) is 1. The van der Waals surface area contributed by atoms with E-state index in [1.165, 1.54) is 39.8 Å². The number of hydrogen-bond acceptors (Lipinski definition) is 14. The molecule has 0 saturated heterocycles. The molecule has 49 heavy (non-hydrogen) atoms. The molecule has 3 heterocycles. The fourth-order valence-corrected chi connectivity index (χ4v) is 5.94. The summed E-state index contributed by atoms with van der Waals surface area (Å²) in [5.74, 6) is -10.5. The average molecular weight is 686 g/mol. The van der Waals surface area contributed by atoms with Gasteiger partial charge in [0, 0.05) is 50.2 Å². The SMILES string of the molecule is CC(=O)OC1CC(O)C(O)C(O)C(O)/C=C/CC(C)C(=O)NC2=CC(=O)c3c(c(O)cc4c3C(=O)C(C)(O/C=C/C(C(C)=O)C1C)O4)C2=O. The summed E-state index contributed by atoms with van der Waals surface area (Å²) in [6.07, 6.45) is -3.58. The van der Waals surface area contributed by atoms with Gasteiger partial charge < -0.3 is 45.1 Å². The Bertz CT molecular complexity index is 1660. The highest BCUT2D eigenvalue weighted by Crippen LogP contribution is 2.44. The van der Waals surface area contributed by atoms with E-state index in [1.807, 2.05) is 0 Å². The number of fused-ring (bicyclic) bond motifs is 15. The van der Waals surface area contributed by atoms with Gasteiger partial charge in [-0.3, -0.25) is 28.8 Å². The van der Waals surface area contributed by atoms with Crippen molar-refractivity contribution < 1.29 is 68.5 Å². The number of benzene rings is 1. The number of hydrogen-bond donors (Lipinski definition) is 6. The van der Waals surface area contributed by atoms with Crippen LogP contribution in [0.15, 0.2) is 42.3 Å². The van der Waals surface area contributed by atoms with Crippen molar-refractivity contribution in [3.8, 4) is 11.5 Å². The van der Waals surface area contributed by atoms with Crippen LogP contribution in [-0.4, -0.2) is 96.8 Å². The number of Topliss-reactive ketones (excluding diaryl/α,β-unsaturated/α-hetero) is 3. The molecule has 9 atom stereocenters. The average Bonchev–Trinajstić information content (AvgIpc) is 3.27. The van der Waals surface area contributed by atoms with Gasteiger partial charge in [0.15, 0.2) is 5.78 Å². The second kappa shape index (κ2) is 14.4. The summed E-state index contributed by atoms with van der Waals surface area (Å²) in [7, 11) is 0. The first-order chi connectivity index (χ1) is 22.9. The summed E-state index contributed by atoms with van der Waals surface area (Å²) < 4.78 is 16.7. The number of ether oxygens (including phenoxy) is 3. The number of aromatic hydroxyl groups is 1. The van der Waals surface area contributed by atoms with E-state index >= 15 is 0 Å². The summed E-state index contributed by atoms with van der Waals surface area (Å²) in [5.41, 5.74) is -1.77. The summed E-state index contributed by atoms with van der Waals surface area (Å²) in [4.78, 5) is 78.0. The molecule has 5 rings (SSSR count). The molecular weight excluding hydrogens is 646 g/mol. The number of amides is 1. The number of phenolic OH excluding ortho intramolecular Hbond substituents is 1. The lowest BCUT2D eigenvalue weighted by Crippen LogP contribution is -2.46. The van der Waals surface area contributed by atoms with Gasteiger partial charge in [0.1, 0.15) is 41.7 Å². The molecule has 264 valence electrons. The quantitative estimate of drug-likeness (QED) is 0.186. The standard InChI is InChI=1S/C34H39NO14/c1-14-7-6-8-20(38)30(43)31(44)23(41)13-24(48-17(4)37)15(2)18(16(3)36)9-10-47-34(5)32(45)28-25(49-34)12-22(40)27-26(28)21(39)11-19(29(27)42)35-33(14)46/h6,8-12,14-15,18,20,23-24,30-31,38,40-41,43-44H,7,13H2,1-5H3,(H,35,46)/b8-6+,10-9+. The van der Waals surface area contributed by atoms with Gasteiger partial charge in [0.2, 0.25) is 11.7 Å². The Hall–Kier alpha value is -4.70. The van der Waals surface area contributed by atoms with Crippen LogP contribution in [0.3, 0.4) is 0 Å². The van der Waals surface area contributed by atoms with Gasteiger partial charge in [0.25, 0.3) is 5.78 Å². The summed E-state index contributed by atoms with van der Waals surface area (Å²) in [6, 6.07) is 0.971. The maximum Gasteiger partial charge on any atom is 0.312 e. The van der Waals surface area contributed by atoms with Crippen molar-refractivity contribution in [2.24, 2.45) is 17.8 Å². The Balaban J connectivity index is 1.77. The molecule has 0 radical (unpaired) electrons. The number of phenols is 1. The predicted octanol–water partition coefficient (Wildman–Crippen LogP) is 0.796. The van der Waals surface area contributed by atoms with Gasteiger partial charge >= 0.3 is 11.8 Å². The summed E-state index contributed by atoms with van der Waals surface area (Å²) >= 11 is 0. The largest absolute Gasteiger partial charge is 0.507 e. The molecule has 1 amide bonds. The van der Waals surface area contributed by atoms with E-state index in [4.69, 9.17) is 14.2 Å². The van der Waals surface area contributed by atoms with Gasteiger partial charge in [-0.1, -0.05) is 26.0 Å². The smallest absolute Gasteiger partial charge is 0.312 e. The molecule has 15 heteroatoms. The number of esters is 1. The van der Waals surface area contributed by atoms with Crippen molar-refractivity contribution in [1.29, 1.82) is 0 Å². The van der Waals surface area contributed by atoms with E-state index in [1.54, 1.807) is 0 Å². The van der Waals surface area contributed by atoms with Crippen LogP contribution in [0, 0.1) is 17.8 Å². The van der Waals surface area contributed by atoms with Crippen LogP contribution < -0.4 is 10.1 Å². The van der Waals surface area contributed by atoms with Crippen LogP contribution in [0.4, 0.5) is 0 Å². The first kappa shape index (κ1) is 37.1. The van der Waals surface area contributed by atoms with E-state index in [2.05, 4.69) is 5.32 Å². The van der Waals surface area contributed by atoms with E-state index in [9.17, 15) is 54.3 Å². The summed E-state index contributed by atoms with van der Waals surface area (Å²) in [5, 5.41) is 55.5. The van der Waals surface area contributed by atoms with Crippen molar-refractivity contribution in [3.63, 3.8) is 0 Å². The predicted molar refractivity (Wildman–Crippen MR) is 167 cm³/mol. The van der Waals surface area contributed by atoms with Crippen LogP contribution in [0.25, 0.3) is 0 Å². The maximum atomic E-state index is 13.7. The number of ketones is 4. The Morgan fingerprint density at radius 3 is 2.29 bits per heavy atom. The molecule has 3 aliphatic heterocycles. The lowest BCUT2D eigenvalue weighted by atomic mass is 9.83. The minimum atomic E-state index is -2.13. The summed E-state index contributed by atoms with van der Waals surface area (Å²) in [6.45, 7) is 6.54. The highest BCUT2D eigenvalue weighted by atomic mass is 16.7. The van der Waals surface area contributed by atoms with Gasteiger partial charge in [-0.15, -0.1) is 0 Å². The molecule has 1 aromatic carbocycles. The molecule has 1 aromatic rings. The zero-order valence-electron chi connectivity index (χ0n) is 27.4. The number of allylic oxidation sites excluding steroid dienone is 4. The van der Waals surface area contributed by atoms with Crippen molar-refractivity contribution in [1.82, 2.24) is 5.32 Å². The van der Waals surface area contributed by atoms with Gasteiger partial charge in [-0.2, -0.15) is 0 Å². The molecule has 0 spiro atoms. The third kappa shape index (κ3) is 7.49. The first-order valence-corrected chi connectivity index (χ1v) is 15.5. The Labute approximate surface area is 280 Å².